The van der Waals surface area contributed by atoms with E-state index in [0.717, 1.165) is 15.5 Å². The lowest BCUT2D eigenvalue weighted by atomic mass is 9.98. The molecule has 2 rings (SSSR count). The third-order valence-electron chi connectivity index (χ3n) is 7.55. The van der Waals surface area contributed by atoms with Crippen LogP contribution >= 0.6 is 0 Å². The number of aromatic nitrogens is 2. The fraction of sp³-hybridized carbons (Fsp3) is 0.679. The maximum atomic E-state index is 13.7. The molecule has 2 heterocycles. The fourth-order valence-corrected chi connectivity index (χ4v) is 5.16. The number of ketones is 1. The first-order valence-electron chi connectivity index (χ1n) is 14.7. The molecule has 45 heavy (non-hydrogen) atoms. The van der Waals surface area contributed by atoms with Crippen LogP contribution in [0.15, 0.2) is 15.7 Å². The van der Waals surface area contributed by atoms with Crippen molar-refractivity contribution in [1.82, 2.24) is 24.7 Å². The topological polar surface area (TPSA) is 180 Å². The summed E-state index contributed by atoms with van der Waals surface area (Å²) in [6.45, 7) is 8.57. The van der Waals surface area contributed by atoms with Gasteiger partial charge in [0.15, 0.2) is 0 Å². The molecule has 0 aromatic carbocycles. The highest BCUT2D eigenvalue weighted by atomic mass is 19.4. The molecule has 1 aliphatic rings. The van der Waals surface area contributed by atoms with E-state index in [9.17, 15) is 46.7 Å². The number of nitrogens with zero attached hydrogens (tertiary/aromatic N) is 4. The van der Waals surface area contributed by atoms with Crippen LogP contribution < -0.4 is 26.8 Å². The first kappa shape index (κ1) is 37.0. The van der Waals surface area contributed by atoms with Gasteiger partial charge in [0, 0.05) is 25.7 Å². The van der Waals surface area contributed by atoms with Crippen molar-refractivity contribution >= 4 is 35.3 Å². The van der Waals surface area contributed by atoms with Crippen LogP contribution in [0.25, 0.3) is 0 Å². The van der Waals surface area contributed by atoms with Crippen LogP contribution in [0.3, 0.4) is 0 Å². The average Bonchev–Trinajstić information content (AvgIpc) is 3.44. The third kappa shape index (κ3) is 8.94. The summed E-state index contributed by atoms with van der Waals surface area (Å²) in [7, 11) is 0. The second kappa shape index (κ2) is 15.2. The Morgan fingerprint density at radius 1 is 0.956 bits per heavy atom. The Morgan fingerprint density at radius 2 is 1.53 bits per heavy atom. The molecule has 0 saturated carbocycles. The molecule has 0 bridgehead atoms. The average molecular weight is 647 g/mol. The van der Waals surface area contributed by atoms with E-state index in [1.54, 1.807) is 32.6 Å². The number of hydrogen-bond acceptors (Lipinski definition) is 8. The fourth-order valence-electron chi connectivity index (χ4n) is 5.16. The van der Waals surface area contributed by atoms with Gasteiger partial charge < -0.3 is 25.5 Å². The van der Waals surface area contributed by atoms with Gasteiger partial charge in [-0.3, -0.25) is 33.3 Å². The Hall–Kier alpha value is -4.18. The van der Waals surface area contributed by atoms with Gasteiger partial charge in [-0.25, -0.2) is 9.36 Å². The summed E-state index contributed by atoms with van der Waals surface area (Å²) in [5.41, 5.74) is -1.91. The molecule has 1 fully saturated rings. The number of carboxylic acid groups (broad SMARTS) is 1. The minimum Gasteiger partial charge on any atom is -0.480 e. The van der Waals surface area contributed by atoms with Gasteiger partial charge >= 0.3 is 17.8 Å². The normalized spacial score (nSPS) is 16.4. The summed E-state index contributed by atoms with van der Waals surface area (Å²) in [6.07, 6.45) is -4.71. The van der Waals surface area contributed by atoms with Crippen LogP contribution in [-0.2, 0) is 37.1 Å². The van der Waals surface area contributed by atoms with Crippen molar-refractivity contribution in [3.8, 4) is 0 Å². The highest BCUT2D eigenvalue weighted by Gasteiger charge is 2.46. The number of carbonyl (C=O) groups is 5. The Balaban J connectivity index is 2.35. The molecule has 252 valence electrons. The Morgan fingerprint density at radius 3 is 2.02 bits per heavy atom. The van der Waals surface area contributed by atoms with E-state index in [-0.39, 0.29) is 18.8 Å². The van der Waals surface area contributed by atoms with Gasteiger partial charge in [-0.05, 0) is 38.5 Å². The molecule has 1 aromatic rings. The highest BCUT2D eigenvalue weighted by Crippen LogP contribution is 2.24. The predicted molar refractivity (Wildman–Crippen MR) is 155 cm³/mol. The molecular weight excluding hydrogens is 605 g/mol. The van der Waals surface area contributed by atoms with Gasteiger partial charge in [0.1, 0.15) is 31.0 Å². The van der Waals surface area contributed by atoms with Crippen molar-refractivity contribution in [2.75, 3.05) is 24.5 Å². The largest absolute Gasteiger partial charge is 0.480 e. The van der Waals surface area contributed by atoms with Crippen molar-refractivity contribution < 1.29 is 42.3 Å². The number of carboxylic acids is 1. The Labute approximate surface area is 257 Å². The van der Waals surface area contributed by atoms with Crippen molar-refractivity contribution in [1.29, 1.82) is 0 Å². The predicted octanol–water partition coefficient (Wildman–Crippen LogP) is 0.345. The lowest BCUT2D eigenvalue weighted by Gasteiger charge is -2.32. The first-order valence-corrected chi connectivity index (χ1v) is 14.7. The summed E-state index contributed by atoms with van der Waals surface area (Å²) < 4.78 is 40.8. The zero-order valence-electron chi connectivity index (χ0n) is 26.1. The molecule has 0 unspecified atom stereocenters. The molecule has 1 aromatic heterocycles. The van der Waals surface area contributed by atoms with Gasteiger partial charge in [0.25, 0.3) is 11.3 Å². The Bertz CT molecular complexity index is 1400. The molecule has 3 amide bonds. The maximum absolute atomic E-state index is 13.7. The molecule has 1 aliphatic heterocycles. The second-order valence-corrected chi connectivity index (χ2v) is 11.4. The van der Waals surface area contributed by atoms with Crippen LogP contribution in [0.4, 0.5) is 19.0 Å². The lowest BCUT2D eigenvalue weighted by molar-refractivity contribution is -0.175. The van der Waals surface area contributed by atoms with Gasteiger partial charge in [-0.15, -0.1) is 0 Å². The molecule has 1 saturated heterocycles. The number of carbonyl (C=O) groups excluding carboxylic acids is 4. The van der Waals surface area contributed by atoms with Gasteiger partial charge in [0.2, 0.25) is 17.7 Å². The molecule has 0 spiro atoms. The summed E-state index contributed by atoms with van der Waals surface area (Å²) in [6, 6.07) is -3.20. The van der Waals surface area contributed by atoms with Crippen LogP contribution in [0.2, 0.25) is 0 Å². The van der Waals surface area contributed by atoms with Crippen molar-refractivity contribution in [3.63, 3.8) is 0 Å². The zero-order chi connectivity index (χ0) is 34.4. The van der Waals surface area contributed by atoms with Crippen molar-refractivity contribution in [2.24, 2.45) is 11.8 Å². The van der Waals surface area contributed by atoms with Crippen LogP contribution in [0.5, 0.6) is 0 Å². The summed E-state index contributed by atoms with van der Waals surface area (Å²) in [5, 5.41) is 13.9. The van der Waals surface area contributed by atoms with E-state index in [1.807, 2.05) is 0 Å². The number of aliphatic carboxylic acids is 1. The number of nitrogens with one attached hydrogen (secondary N) is 2. The van der Waals surface area contributed by atoms with E-state index in [0.29, 0.717) is 24.1 Å². The van der Waals surface area contributed by atoms with E-state index in [4.69, 9.17) is 5.11 Å². The monoisotopic (exact) mass is 646 g/mol. The number of amides is 3. The van der Waals surface area contributed by atoms with Crippen LogP contribution in [0.1, 0.15) is 54.4 Å². The van der Waals surface area contributed by atoms with Gasteiger partial charge in [-0.1, -0.05) is 27.7 Å². The lowest BCUT2D eigenvalue weighted by Crippen LogP contribution is -2.58. The Kier molecular flexibility index (Phi) is 12.5. The molecular formula is C28H41F3N6O8. The number of halogens is 3. The van der Waals surface area contributed by atoms with E-state index in [1.165, 1.54) is 13.8 Å². The van der Waals surface area contributed by atoms with Crippen LogP contribution in [0, 0.1) is 11.8 Å². The number of likely N-dealkylation sites (tertiary alicyclic amines) is 1. The quantitative estimate of drug-likeness (QED) is 0.257. The first-order chi connectivity index (χ1) is 20.8. The smallest absolute Gasteiger partial charge is 0.452 e. The number of anilines is 1. The van der Waals surface area contributed by atoms with Crippen molar-refractivity contribution in [2.45, 2.75) is 91.8 Å². The number of hydrogen-bond donors (Lipinski definition) is 3. The van der Waals surface area contributed by atoms with E-state index >= 15 is 0 Å². The summed E-state index contributed by atoms with van der Waals surface area (Å²) >= 11 is 0. The summed E-state index contributed by atoms with van der Waals surface area (Å²) in [4.78, 5) is 91.7. The number of alkyl halides is 3. The van der Waals surface area contributed by atoms with E-state index < -0.39 is 90.0 Å². The summed E-state index contributed by atoms with van der Waals surface area (Å²) in [5.74, 6) is -7.35. The highest BCUT2D eigenvalue weighted by molar-refractivity contribution is 5.96. The molecule has 14 nitrogen and oxygen atoms in total. The minimum atomic E-state index is -5.17. The minimum absolute atomic E-state index is 0.0707. The van der Waals surface area contributed by atoms with Gasteiger partial charge in [-0.2, -0.15) is 13.2 Å². The third-order valence-corrected chi connectivity index (χ3v) is 7.55. The molecule has 3 N–H and O–H groups in total. The molecule has 17 heteroatoms. The maximum Gasteiger partial charge on any atom is 0.452 e. The molecule has 0 aliphatic carbocycles. The standard InChI is InChI=1S/C28H41F3N6O8/c1-7-34(8-2)19-12-20(39)37(14-21(40)41)27(45)36(19)13-18(38)32-23(16(5)6)26(44)35-11-9-10-17(35)25(43)33-22(15(3)4)24(42)28(29,30)31/h12,15-17,22-23H,7-11,13-14H2,1-6H3,(H,32,38)(H,33,43)(H,40,41)/t17-,22-,23-/m0/s1. The second-order valence-electron chi connectivity index (χ2n) is 11.4. The van der Waals surface area contributed by atoms with Crippen LogP contribution in [-0.4, -0.2) is 92.6 Å². The van der Waals surface area contributed by atoms with E-state index in [2.05, 4.69) is 10.6 Å². The number of Topliss-reactive ketones (excluding diaryl/α,β-unsaturated/α-hetero) is 1. The molecule has 0 radical (unpaired) electrons. The SMILES string of the molecule is CCN(CC)c1cc(=O)n(CC(=O)O)c(=O)n1CC(=O)N[C@H](C(=O)N1CCC[C@H]1C(=O)N[C@H](C(=O)C(F)(F)F)C(C)C)C(C)C. The zero-order valence-corrected chi connectivity index (χ0v) is 26.1. The van der Waals surface area contributed by atoms with Gasteiger partial charge in [0.05, 0.1) is 6.04 Å². The van der Waals surface area contributed by atoms with Crippen molar-refractivity contribution in [3.05, 3.63) is 26.9 Å². The molecule has 3 atom stereocenters. The number of rotatable bonds is 14.